The highest BCUT2D eigenvalue weighted by atomic mass is 16.5. The van der Waals surface area contributed by atoms with Gasteiger partial charge in [-0.25, -0.2) is 4.79 Å². The summed E-state index contributed by atoms with van der Waals surface area (Å²) >= 11 is 0. The molecule has 76 valence electrons. The first kappa shape index (κ1) is 10.5. The first-order chi connectivity index (χ1) is 6.83. The Kier molecular flexibility index (Phi) is 4.43. The van der Waals surface area contributed by atoms with Gasteiger partial charge in [-0.2, -0.15) is 0 Å². The highest BCUT2D eigenvalue weighted by Crippen LogP contribution is 2.01. The number of pyridine rings is 1. The predicted molar refractivity (Wildman–Crippen MR) is 53.1 cm³/mol. The number of hydrogen-bond donors (Lipinski definition) is 2. The van der Waals surface area contributed by atoms with Gasteiger partial charge in [0, 0.05) is 31.7 Å². The van der Waals surface area contributed by atoms with Crippen molar-refractivity contribution in [3.63, 3.8) is 0 Å². The van der Waals surface area contributed by atoms with E-state index in [9.17, 15) is 4.79 Å². The van der Waals surface area contributed by atoms with Crippen LogP contribution in [0.2, 0.25) is 0 Å². The van der Waals surface area contributed by atoms with E-state index in [2.05, 4.69) is 15.6 Å². The van der Waals surface area contributed by atoms with Gasteiger partial charge < -0.3 is 15.4 Å². The van der Waals surface area contributed by atoms with Crippen LogP contribution in [0.3, 0.4) is 0 Å². The molecule has 0 aliphatic heterocycles. The van der Waals surface area contributed by atoms with Crippen LogP contribution >= 0.6 is 0 Å². The Morgan fingerprint density at radius 1 is 1.50 bits per heavy atom. The average Bonchev–Trinajstić information content (AvgIpc) is 2.20. The Morgan fingerprint density at radius 2 is 2.21 bits per heavy atom. The smallest absolute Gasteiger partial charge is 0.319 e. The second kappa shape index (κ2) is 5.93. The van der Waals surface area contributed by atoms with Crippen molar-refractivity contribution in [3.8, 4) is 0 Å². The zero-order valence-electron chi connectivity index (χ0n) is 7.99. The zero-order chi connectivity index (χ0) is 10.2. The summed E-state index contributed by atoms with van der Waals surface area (Å²) in [4.78, 5) is 15.0. The molecule has 0 radical (unpaired) electrons. The Labute approximate surface area is 82.5 Å². The molecule has 0 aliphatic carbocycles. The molecule has 0 aliphatic rings. The molecular weight excluding hydrogens is 182 g/mol. The molecular formula is C9H13N3O2. The maximum atomic E-state index is 11.2. The molecule has 1 heterocycles. The summed E-state index contributed by atoms with van der Waals surface area (Å²) in [5, 5.41) is 5.29. The molecule has 1 aromatic rings. The summed E-state index contributed by atoms with van der Waals surface area (Å²) < 4.78 is 4.79. The fraction of sp³-hybridized carbons (Fsp3) is 0.333. The van der Waals surface area contributed by atoms with Crippen molar-refractivity contribution in [2.75, 3.05) is 25.6 Å². The second-order valence-electron chi connectivity index (χ2n) is 2.61. The minimum atomic E-state index is -0.242. The molecule has 2 N–H and O–H groups in total. The molecule has 0 aromatic carbocycles. The third-order valence-corrected chi connectivity index (χ3v) is 1.53. The number of urea groups is 1. The lowest BCUT2D eigenvalue weighted by Crippen LogP contribution is -2.31. The van der Waals surface area contributed by atoms with E-state index in [0.29, 0.717) is 13.2 Å². The fourth-order valence-corrected chi connectivity index (χ4v) is 0.877. The third-order valence-electron chi connectivity index (χ3n) is 1.53. The number of ether oxygens (including phenoxy) is 1. The van der Waals surface area contributed by atoms with Crippen LogP contribution in [0.4, 0.5) is 10.5 Å². The summed E-state index contributed by atoms with van der Waals surface area (Å²) in [5.41, 5.74) is 0.718. The van der Waals surface area contributed by atoms with Crippen molar-refractivity contribution in [1.29, 1.82) is 0 Å². The van der Waals surface area contributed by atoms with Gasteiger partial charge in [0.2, 0.25) is 0 Å². The molecule has 5 heteroatoms. The van der Waals surface area contributed by atoms with Crippen LogP contribution in [0.5, 0.6) is 0 Å². The summed E-state index contributed by atoms with van der Waals surface area (Å²) in [6.07, 6.45) is 3.23. The predicted octanol–water partition coefficient (Wildman–Crippen LogP) is 0.849. The van der Waals surface area contributed by atoms with Crippen molar-refractivity contribution < 1.29 is 9.53 Å². The quantitative estimate of drug-likeness (QED) is 0.700. The molecule has 1 aromatic heterocycles. The van der Waals surface area contributed by atoms with Crippen LogP contribution in [-0.4, -0.2) is 31.3 Å². The molecule has 0 saturated heterocycles. The maximum Gasteiger partial charge on any atom is 0.319 e. The maximum absolute atomic E-state index is 11.2. The number of anilines is 1. The SMILES string of the molecule is COCCNC(=O)Nc1ccncc1. The van der Waals surface area contributed by atoms with E-state index in [0.717, 1.165) is 5.69 Å². The summed E-state index contributed by atoms with van der Waals surface area (Å²) in [5.74, 6) is 0. The Hall–Kier alpha value is -1.62. The van der Waals surface area contributed by atoms with Gasteiger partial charge in [-0.05, 0) is 12.1 Å². The minimum Gasteiger partial charge on any atom is -0.383 e. The summed E-state index contributed by atoms with van der Waals surface area (Å²) in [7, 11) is 1.59. The molecule has 2 amide bonds. The fourth-order valence-electron chi connectivity index (χ4n) is 0.877. The lowest BCUT2D eigenvalue weighted by molar-refractivity contribution is 0.198. The van der Waals surface area contributed by atoms with E-state index in [4.69, 9.17) is 4.74 Å². The van der Waals surface area contributed by atoms with Gasteiger partial charge >= 0.3 is 6.03 Å². The Bertz CT molecular complexity index is 277. The van der Waals surface area contributed by atoms with E-state index in [-0.39, 0.29) is 6.03 Å². The van der Waals surface area contributed by atoms with Crippen molar-refractivity contribution in [1.82, 2.24) is 10.3 Å². The highest BCUT2D eigenvalue weighted by Gasteiger charge is 1.98. The Balaban J connectivity index is 2.27. The third kappa shape index (κ3) is 3.86. The van der Waals surface area contributed by atoms with Gasteiger partial charge in [0.15, 0.2) is 0 Å². The number of carbonyl (C=O) groups is 1. The van der Waals surface area contributed by atoms with Gasteiger partial charge in [0.1, 0.15) is 0 Å². The topological polar surface area (TPSA) is 63.2 Å². The lowest BCUT2D eigenvalue weighted by atomic mass is 10.4. The molecule has 14 heavy (non-hydrogen) atoms. The molecule has 0 saturated carbocycles. The van der Waals surface area contributed by atoms with Crippen molar-refractivity contribution >= 4 is 11.7 Å². The van der Waals surface area contributed by atoms with Crippen LogP contribution in [0.25, 0.3) is 0 Å². The standard InChI is InChI=1S/C9H13N3O2/c1-14-7-6-11-9(13)12-8-2-4-10-5-3-8/h2-5H,6-7H2,1H3,(H2,10,11,12,13). The van der Waals surface area contributed by atoms with E-state index < -0.39 is 0 Å². The monoisotopic (exact) mass is 195 g/mol. The number of hydrogen-bond acceptors (Lipinski definition) is 3. The van der Waals surface area contributed by atoms with Gasteiger partial charge in [-0.15, -0.1) is 0 Å². The van der Waals surface area contributed by atoms with E-state index >= 15 is 0 Å². The van der Waals surface area contributed by atoms with Crippen LogP contribution in [0.1, 0.15) is 0 Å². The van der Waals surface area contributed by atoms with Gasteiger partial charge in [-0.3, -0.25) is 4.98 Å². The first-order valence-electron chi connectivity index (χ1n) is 4.27. The number of nitrogens with one attached hydrogen (secondary N) is 2. The van der Waals surface area contributed by atoms with Crippen LogP contribution < -0.4 is 10.6 Å². The number of carbonyl (C=O) groups excluding carboxylic acids is 1. The minimum absolute atomic E-state index is 0.242. The van der Waals surface area contributed by atoms with E-state index in [1.54, 1.807) is 31.6 Å². The average molecular weight is 195 g/mol. The molecule has 0 atom stereocenters. The van der Waals surface area contributed by atoms with Crippen molar-refractivity contribution in [2.45, 2.75) is 0 Å². The molecule has 0 fully saturated rings. The van der Waals surface area contributed by atoms with Crippen molar-refractivity contribution in [2.24, 2.45) is 0 Å². The molecule has 5 nitrogen and oxygen atoms in total. The van der Waals surface area contributed by atoms with Crippen LogP contribution in [-0.2, 0) is 4.74 Å². The van der Waals surface area contributed by atoms with Gasteiger partial charge in [0.25, 0.3) is 0 Å². The molecule has 1 rings (SSSR count). The molecule has 0 spiro atoms. The molecule has 0 unspecified atom stereocenters. The number of nitrogens with zero attached hydrogens (tertiary/aromatic N) is 1. The normalized spacial score (nSPS) is 9.50. The van der Waals surface area contributed by atoms with Gasteiger partial charge in [-0.1, -0.05) is 0 Å². The Morgan fingerprint density at radius 3 is 2.86 bits per heavy atom. The lowest BCUT2D eigenvalue weighted by Gasteiger charge is -2.06. The second-order valence-corrected chi connectivity index (χ2v) is 2.61. The summed E-state index contributed by atoms with van der Waals surface area (Å²) in [6.45, 7) is 0.997. The molecule has 0 bridgehead atoms. The van der Waals surface area contributed by atoms with Gasteiger partial charge in [0.05, 0.1) is 6.61 Å². The van der Waals surface area contributed by atoms with E-state index in [1.807, 2.05) is 0 Å². The first-order valence-corrected chi connectivity index (χ1v) is 4.27. The van der Waals surface area contributed by atoms with Crippen LogP contribution in [0.15, 0.2) is 24.5 Å². The van der Waals surface area contributed by atoms with E-state index in [1.165, 1.54) is 0 Å². The number of aromatic nitrogens is 1. The van der Waals surface area contributed by atoms with Crippen LogP contribution in [0, 0.1) is 0 Å². The highest BCUT2D eigenvalue weighted by molar-refractivity contribution is 5.88. The summed E-state index contributed by atoms with van der Waals surface area (Å²) in [6, 6.07) is 3.19. The zero-order valence-corrected chi connectivity index (χ0v) is 7.99. The number of rotatable bonds is 4. The number of methoxy groups -OCH3 is 1. The number of amides is 2. The van der Waals surface area contributed by atoms with Crippen molar-refractivity contribution in [3.05, 3.63) is 24.5 Å². The largest absolute Gasteiger partial charge is 0.383 e.